The lowest BCUT2D eigenvalue weighted by molar-refractivity contribution is -0.385. The highest BCUT2D eigenvalue weighted by Gasteiger charge is 2.19. The van der Waals surface area contributed by atoms with Gasteiger partial charge in [0, 0.05) is 27.9 Å². The van der Waals surface area contributed by atoms with Crippen LogP contribution in [0.2, 0.25) is 5.02 Å². The van der Waals surface area contributed by atoms with E-state index in [0.29, 0.717) is 27.7 Å². The van der Waals surface area contributed by atoms with Gasteiger partial charge in [-0.25, -0.2) is 4.98 Å². The Balaban J connectivity index is 1.47. The highest BCUT2D eigenvalue weighted by molar-refractivity contribution is 7.80. The molecule has 9 nitrogen and oxygen atoms in total. The molecule has 166 valence electrons. The van der Waals surface area contributed by atoms with E-state index in [2.05, 4.69) is 15.6 Å². The first-order valence-electron chi connectivity index (χ1n) is 9.45. The predicted molar refractivity (Wildman–Crippen MR) is 128 cm³/mol. The van der Waals surface area contributed by atoms with Gasteiger partial charge >= 0.3 is 5.69 Å². The first-order valence-corrected chi connectivity index (χ1v) is 10.2. The van der Waals surface area contributed by atoms with Crippen LogP contribution in [-0.4, -0.2) is 28.0 Å². The molecule has 0 aliphatic heterocycles. The number of halogens is 1. The van der Waals surface area contributed by atoms with E-state index in [1.807, 2.05) is 0 Å². The smallest absolute Gasteiger partial charge is 0.311 e. The quantitative estimate of drug-likeness (QED) is 0.226. The average molecular weight is 483 g/mol. The highest BCUT2D eigenvalue weighted by Crippen LogP contribution is 2.28. The third-order valence-corrected chi connectivity index (χ3v) is 5.06. The zero-order valence-corrected chi connectivity index (χ0v) is 18.6. The number of nitrogens with zero attached hydrogens (tertiary/aromatic N) is 2. The van der Waals surface area contributed by atoms with Crippen molar-refractivity contribution >= 4 is 57.3 Å². The van der Waals surface area contributed by atoms with E-state index >= 15 is 0 Å². The lowest BCUT2D eigenvalue weighted by Gasteiger charge is -2.10. The molecule has 4 rings (SSSR count). The second kappa shape index (κ2) is 9.23. The van der Waals surface area contributed by atoms with E-state index in [0.717, 1.165) is 11.6 Å². The Hall–Kier alpha value is -4.02. The lowest BCUT2D eigenvalue weighted by atomic mass is 10.1. The number of nitro groups is 1. The normalized spacial score (nSPS) is 10.6. The fourth-order valence-corrected chi connectivity index (χ4v) is 3.37. The maximum absolute atomic E-state index is 12.5. The van der Waals surface area contributed by atoms with E-state index < -0.39 is 10.8 Å². The molecule has 0 aliphatic rings. The van der Waals surface area contributed by atoms with Crippen LogP contribution in [0.5, 0.6) is 5.75 Å². The van der Waals surface area contributed by atoms with Crippen LogP contribution in [0.15, 0.2) is 65.1 Å². The van der Waals surface area contributed by atoms with Gasteiger partial charge in [-0.05, 0) is 66.8 Å². The number of aromatic nitrogens is 1. The fourth-order valence-electron chi connectivity index (χ4n) is 3.03. The molecule has 2 N–H and O–H groups in total. The highest BCUT2D eigenvalue weighted by atomic mass is 35.5. The minimum absolute atomic E-state index is 0.0132. The molecule has 0 unspecified atom stereocenters. The summed E-state index contributed by atoms with van der Waals surface area (Å²) < 4.78 is 10.7. The molecule has 0 radical (unpaired) electrons. The van der Waals surface area contributed by atoms with Gasteiger partial charge in [0.1, 0.15) is 5.52 Å². The van der Waals surface area contributed by atoms with Crippen LogP contribution in [0, 0.1) is 10.1 Å². The molecule has 0 saturated heterocycles. The van der Waals surface area contributed by atoms with Gasteiger partial charge in [0.2, 0.25) is 5.89 Å². The van der Waals surface area contributed by atoms with Crippen molar-refractivity contribution in [2.24, 2.45) is 0 Å². The van der Waals surface area contributed by atoms with E-state index in [9.17, 15) is 14.9 Å². The van der Waals surface area contributed by atoms with Crippen LogP contribution in [0.4, 0.5) is 11.4 Å². The van der Waals surface area contributed by atoms with Crippen LogP contribution >= 0.6 is 23.8 Å². The number of nitrogens with one attached hydrogen (secondary N) is 2. The van der Waals surface area contributed by atoms with Crippen molar-refractivity contribution < 1.29 is 18.9 Å². The van der Waals surface area contributed by atoms with Gasteiger partial charge in [-0.1, -0.05) is 11.6 Å². The minimum atomic E-state index is -0.627. The number of amides is 1. The van der Waals surface area contributed by atoms with Crippen molar-refractivity contribution in [3.63, 3.8) is 0 Å². The van der Waals surface area contributed by atoms with Gasteiger partial charge in [-0.15, -0.1) is 0 Å². The first kappa shape index (κ1) is 22.2. The number of hydrogen-bond donors (Lipinski definition) is 2. The number of anilines is 1. The van der Waals surface area contributed by atoms with E-state index in [4.69, 9.17) is 33.0 Å². The van der Waals surface area contributed by atoms with Crippen LogP contribution in [0.3, 0.4) is 0 Å². The third-order valence-electron chi connectivity index (χ3n) is 4.60. The van der Waals surface area contributed by atoms with Crippen LogP contribution in [-0.2, 0) is 0 Å². The summed E-state index contributed by atoms with van der Waals surface area (Å²) in [4.78, 5) is 27.5. The molecule has 0 atom stereocenters. The summed E-state index contributed by atoms with van der Waals surface area (Å²) in [5.74, 6) is -0.113. The summed E-state index contributed by atoms with van der Waals surface area (Å²) in [6.07, 6.45) is 0. The summed E-state index contributed by atoms with van der Waals surface area (Å²) in [6.45, 7) is 0. The number of carbonyl (C=O) groups excluding carboxylic acids is 1. The topological polar surface area (TPSA) is 120 Å². The average Bonchev–Trinajstić information content (AvgIpc) is 3.22. The first-order chi connectivity index (χ1) is 15.8. The number of rotatable bonds is 5. The van der Waals surface area contributed by atoms with Gasteiger partial charge in [0.25, 0.3) is 5.91 Å². The Morgan fingerprint density at radius 1 is 1.15 bits per heavy atom. The summed E-state index contributed by atoms with van der Waals surface area (Å²) in [5.41, 5.74) is 2.25. The van der Waals surface area contributed by atoms with Crippen molar-refractivity contribution in [1.29, 1.82) is 0 Å². The zero-order valence-electron chi connectivity index (χ0n) is 17.0. The summed E-state index contributed by atoms with van der Waals surface area (Å²) in [6, 6.07) is 16.1. The molecule has 0 fully saturated rings. The SMILES string of the molecule is COc1ccc(C(=O)NC(=S)Nc2ccc3oc(-c4ccc(Cl)cc4)nc3c2)cc1[N+](=O)[O-]. The van der Waals surface area contributed by atoms with Gasteiger partial charge in [0.15, 0.2) is 16.4 Å². The van der Waals surface area contributed by atoms with Gasteiger partial charge in [-0.2, -0.15) is 0 Å². The Bertz CT molecular complexity index is 1390. The van der Waals surface area contributed by atoms with E-state index in [-0.39, 0.29) is 22.1 Å². The molecular formula is C22H15ClN4O5S. The lowest BCUT2D eigenvalue weighted by Crippen LogP contribution is -2.34. The predicted octanol–water partition coefficient (Wildman–Crippen LogP) is 5.19. The standard InChI is InChI=1S/C22H15ClN4O5S/c1-31-19-8-4-13(10-17(19)27(29)30)20(28)26-22(33)24-15-7-9-18-16(11-15)25-21(32-18)12-2-5-14(23)6-3-12/h2-11H,1H3,(H2,24,26,28,33). The molecule has 1 amide bonds. The number of oxazole rings is 1. The number of carbonyl (C=O) groups is 1. The minimum Gasteiger partial charge on any atom is -0.490 e. The molecule has 0 bridgehead atoms. The Labute approximate surface area is 197 Å². The van der Waals surface area contributed by atoms with E-state index in [1.54, 1.807) is 42.5 Å². The fraction of sp³-hybridized carbons (Fsp3) is 0.0455. The van der Waals surface area contributed by atoms with Crippen molar-refractivity contribution in [2.45, 2.75) is 0 Å². The number of fused-ring (bicyclic) bond motifs is 1. The van der Waals surface area contributed by atoms with Gasteiger partial charge < -0.3 is 14.5 Å². The molecule has 4 aromatic rings. The molecule has 0 aliphatic carbocycles. The number of ether oxygens (including phenoxy) is 1. The maximum Gasteiger partial charge on any atom is 0.311 e. The van der Waals surface area contributed by atoms with Gasteiger partial charge in [0.05, 0.1) is 12.0 Å². The molecule has 11 heteroatoms. The Morgan fingerprint density at radius 3 is 2.61 bits per heavy atom. The second-order valence-electron chi connectivity index (χ2n) is 6.76. The molecule has 1 aromatic heterocycles. The number of thiocarbonyl (C=S) groups is 1. The molecular weight excluding hydrogens is 468 g/mol. The Morgan fingerprint density at radius 2 is 1.91 bits per heavy atom. The number of nitro benzene ring substituents is 1. The molecule has 0 saturated carbocycles. The third kappa shape index (κ3) is 4.92. The number of methoxy groups -OCH3 is 1. The van der Waals surface area contributed by atoms with E-state index in [1.165, 1.54) is 19.2 Å². The largest absolute Gasteiger partial charge is 0.490 e. The van der Waals surface area contributed by atoms with Crippen LogP contribution in [0.1, 0.15) is 10.4 Å². The second-order valence-corrected chi connectivity index (χ2v) is 7.61. The monoisotopic (exact) mass is 482 g/mol. The molecule has 33 heavy (non-hydrogen) atoms. The van der Waals surface area contributed by atoms with Crippen molar-refractivity contribution in [3.8, 4) is 17.2 Å². The molecule has 3 aromatic carbocycles. The molecule has 0 spiro atoms. The van der Waals surface area contributed by atoms with Crippen molar-refractivity contribution in [3.05, 3.63) is 81.4 Å². The van der Waals surface area contributed by atoms with Crippen LogP contribution < -0.4 is 15.4 Å². The summed E-state index contributed by atoms with van der Waals surface area (Å²) in [5, 5.41) is 17.2. The Kier molecular flexibility index (Phi) is 6.20. The maximum atomic E-state index is 12.5. The van der Waals surface area contributed by atoms with Crippen molar-refractivity contribution in [1.82, 2.24) is 10.3 Å². The van der Waals surface area contributed by atoms with Crippen molar-refractivity contribution in [2.75, 3.05) is 12.4 Å². The van der Waals surface area contributed by atoms with Gasteiger partial charge in [-0.3, -0.25) is 20.2 Å². The summed E-state index contributed by atoms with van der Waals surface area (Å²) in [7, 11) is 1.31. The number of benzene rings is 3. The number of hydrogen-bond acceptors (Lipinski definition) is 7. The zero-order chi connectivity index (χ0) is 23.5. The summed E-state index contributed by atoms with van der Waals surface area (Å²) >= 11 is 11.1. The van der Waals surface area contributed by atoms with Crippen LogP contribution in [0.25, 0.3) is 22.6 Å². The molecule has 1 heterocycles.